The van der Waals surface area contributed by atoms with Crippen LogP contribution in [0.5, 0.6) is 5.75 Å². The number of nitrogens with zero attached hydrogens (tertiary/aromatic N) is 3. The molecule has 2 aliphatic heterocycles. The molecule has 3 heterocycles. The van der Waals surface area contributed by atoms with Gasteiger partial charge in [0.1, 0.15) is 11.5 Å². The number of amides is 1. The van der Waals surface area contributed by atoms with Crippen LogP contribution in [-0.4, -0.2) is 54.0 Å². The topological polar surface area (TPSA) is 58.8 Å². The Hall–Kier alpha value is -2.34. The zero-order valence-corrected chi connectivity index (χ0v) is 18.4. The standard InChI is InChI=1S/C24H33N3O3/c1-17-15-20(7-8-22(17)29-3)23-25-21(18(2)30-23)16-26-13-9-19(10-14-26)24(28)27-11-5-4-6-12-27/h7-8,15,19H,4-6,9-14,16H2,1-3H3. The van der Waals surface area contributed by atoms with E-state index in [0.717, 1.165) is 86.7 Å². The fourth-order valence-corrected chi connectivity index (χ4v) is 4.63. The van der Waals surface area contributed by atoms with Crippen LogP contribution < -0.4 is 4.74 Å². The SMILES string of the molecule is COc1ccc(-c2nc(CN3CCC(C(=O)N4CCCCC4)CC3)c(C)o2)cc1C. The van der Waals surface area contributed by atoms with Crippen molar-refractivity contribution in [2.45, 2.75) is 52.5 Å². The van der Waals surface area contributed by atoms with Crippen LogP contribution >= 0.6 is 0 Å². The third-order valence-electron chi connectivity index (χ3n) is 6.51. The van der Waals surface area contributed by atoms with Crippen LogP contribution in [0.4, 0.5) is 0 Å². The van der Waals surface area contributed by atoms with Gasteiger partial charge in [0.05, 0.1) is 12.8 Å². The first-order valence-electron chi connectivity index (χ1n) is 11.2. The van der Waals surface area contributed by atoms with Crippen molar-refractivity contribution in [2.24, 2.45) is 5.92 Å². The second-order valence-electron chi connectivity index (χ2n) is 8.64. The minimum atomic E-state index is 0.190. The van der Waals surface area contributed by atoms with E-state index >= 15 is 0 Å². The lowest BCUT2D eigenvalue weighted by Gasteiger charge is -2.35. The number of benzene rings is 1. The Balaban J connectivity index is 1.35. The molecular weight excluding hydrogens is 378 g/mol. The Bertz CT molecular complexity index is 878. The van der Waals surface area contributed by atoms with Gasteiger partial charge in [0.25, 0.3) is 0 Å². The first kappa shape index (κ1) is 20.9. The Morgan fingerprint density at radius 1 is 1.13 bits per heavy atom. The van der Waals surface area contributed by atoms with Crippen molar-refractivity contribution in [2.75, 3.05) is 33.3 Å². The van der Waals surface area contributed by atoms with Crippen LogP contribution in [0.1, 0.15) is 49.1 Å². The molecule has 162 valence electrons. The van der Waals surface area contributed by atoms with Crippen molar-refractivity contribution >= 4 is 5.91 Å². The zero-order valence-electron chi connectivity index (χ0n) is 18.4. The van der Waals surface area contributed by atoms with E-state index in [1.54, 1.807) is 7.11 Å². The first-order valence-corrected chi connectivity index (χ1v) is 11.2. The van der Waals surface area contributed by atoms with Gasteiger partial charge >= 0.3 is 0 Å². The van der Waals surface area contributed by atoms with Crippen molar-refractivity contribution < 1.29 is 13.9 Å². The Labute approximate surface area is 179 Å². The first-order chi connectivity index (χ1) is 14.5. The van der Waals surface area contributed by atoms with E-state index in [9.17, 15) is 4.79 Å². The van der Waals surface area contributed by atoms with Gasteiger partial charge in [0, 0.05) is 31.1 Å². The molecule has 2 aromatic rings. The van der Waals surface area contributed by atoms with Crippen LogP contribution in [0.15, 0.2) is 22.6 Å². The van der Waals surface area contributed by atoms with Gasteiger partial charge in [0.2, 0.25) is 11.8 Å². The summed E-state index contributed by atoms with van der Waals surface area (Å²) < 4.78 is 11.3. The Morgan fingerprint density at radius 2 is 1.87 bits per heavy atom. The van der Waals surface area contributed by atoms with E-state index in [0.29, 0.717) is 11.8 Å². The minimum absolute atomic E-state index is 0.190. The van der Waals surface area contributed by atoms with Gasteiger partial charge in [-0.2, -0.15) is 0 Å². The van der Waals surface area contributed by atoms with Crippen LogP contribution in [0.25, 0.3) is 11.5 Å². The fraction of sp³-hybridized carbons (Fsp3) is 0.583. The van der Waals surface area contributed by atoms with E-state index in [1.807, 2.05) is 32.0 Å². The molecule has 0 radical (unpaired) electrons. The van der Waals surface area contributed by atoms with Crippen LogP contribution in [0.3, 0.4) is 0 Å². The molecule has 0 bridgehead atoms. The van der Waals surface area contributed by atoms with Crippen molar-refractivity contribution in [3.8, 4) is 17.2 Å². The Morgan fingerprint density at radius 3 is 2.53 bits per heavy atom. The Kier molecular flexibility index (Phi) is 6.42. The molecule has 1 aromatic heterocycles. The molecule has 0 saturated carbocycles. The summed E-state index contributed by atoms with van der Waals surface area (Å²) in [6, 6.07) is 5.98. The van der Waals surface area contributed by atoms with Gasteiger partial charge < -0.3 is 14.1 Å². The van der Waals surface area contributed by atoms with Crippen molar-refractivity contribution in [1.29, 1.82) is 0 Å². The highest BCUT2D eigenvalue weighted by molar-refractivity contribution is 5.79. The maximum absolute atomic E-state index is 12.8. The maximum atomic E-state index is 12.8. The predicted molar refractivity (Wildman–Crippen MR) is 116 cm³/mol. The number of methoxy groups -OCH3 is 1. The number of aryl methyl sites for hydroxylation is 2. The van der Waals surface area contributed by atoms with Crippen LogP contribution in [0, 0.1) is 19.8 Å². The summed E-state index contributed by atoms with van der Waals surface area (Å²) in [4.78, 5) is 22.0. The maximum Gasteiger partial charge on any atom is 0.226 e. The highest BCUT2D eigenvalue weighted by Gasteiger charge is 2.29. The van der Waals surface area contributed by atoms with E-state index in [1.165, 1.54) is 6.42 Å². The lowest BCUT2D eigenvalue weighted by molar-refractivity contribution is -0.138. The lowest BCUT2D eigenvalue weighted by Crippen LogP contribution is -2.44. The number of ether oxygens (including phenoxy) is 1. The van der Waals surface area contributed by atoms with Gasteiger partial charge in [-0.25, -0.2) is 4.98 Å². The molecule has 0 aliphatic carbocycles. The molecule has 30 heavy (non-hydrogen) atoms. The number of aromatic nitrogens is 1. The number of hydrogen-bond acceptors (Lipinski definition) is 5. The van der Waals surface area contributed by atoms with Gasteiger partial charge in [0.15, 0.2) is 0 Å². The quantitative estimate of drug-likeness (QED) is 0.738. The molecule has 0 atom stereocenters. The second kappa shape index (κ2) is 9.21. The number of piperidine rings is 2. The molecule has 2 saturated heterocycles. The van der Waals surface area contributed by atoms with E-state index < -0.39 is 0 Å². The lowest BCUT2D eigenvalue weighted by atomic mass is 9.94. The second-order valence-corrected chi connectivity index (χ2v) is 8.64. The molecular formula is C24H33N3O3. The van der Waals surface area contributed by atoms with Crippen molar-refractivity contribution in [3.63, 3.8) is 0 Å². The fourth-order valence-electron chi connectivity index (χ4n) is 4.63. The largest absolute Gasteiger partial charge is 0.496 e. The molecule has 0 spiro atoms. The molecule has 1 amide bonds. The van der Waals surface area contributed by atoms with Crippen molar-refractivity contribution in [1.82, 2.24) is 14.8 Å². The summed E-state index contributed by atoms with van der Waals surface area (Å²) in [7, 11) is 1.68. The number of carbonyl (C=O) groups excluding carboxylic acids is 1. The zero-order chi connectivity index (χ0) is 21.1. The highest BCUT2D eigenvalue weighted by atomic mass is 16.5. The summed E-state index contributed by atoms with van der Waals surface area (Å²) in [5.74, 6) is 2.96. The van der Waals surface area contributed by atoms with Crippen molar-refractivity contribution in [3.05, 3.63) is 35.2 Å². The minimum Gasteiger partial charge on any atom is -0.496 e. The monoisotopic (exact) mass is 411 g/mol. The number of likely N-dealkylation sites (tertiary alicyclic amines) is 2. The van der Waals surface area contributed by atoms with Gasteiger partial charge in [-0.05, 0) is 82.8 Å². The molecule has 2 fully saturated rings. The van der Waals surface area contributed by atoms with Crippen LogP contribution in [-0.2, 0) is 11.3 Å². The molecule has 6 nitrogen and oxygen atoms in total. The van der Waals surface area contributed by atoms with Gasteiger partial charge in [-0.1, -0.05) is 0 Å². The molecule has 2 aliphatic rings. The molecule has 0 N–H and O–H groups in total. The average Bonchev–Trinajstić information content (AvgIpc) is 3.14. The summed E-state index contributed by atoms with van der Waals surface area (Å²) >= 11 is 0. The van der Waals surface area contributed by atoms with E-state index in [2.05, 4.69) is 9.80 Å². The normalized spacial score (nSPS) is 18.6. The summed E-state index contributed by atoms with van der Waals surface area (Å²) in [5.41, 5.74) is 3.01. The van der Waals surface area contributed by atoms with E-state index in [4.69, 9.17) is 14.1 Å². The van der Waals surface area contributed by atoms with Gasteiger partial charge in [-0.15, -0.1) is 0 Å². The molecule has 6 heteroatoms. The summed E-state index contributed by atoms with van der Waals surface area (Å²) in [6.45, 7) is 8.55. The average molecular weight is 412 g/mol. The molecule has 4 rings (SSSR count). The third-order valence-corrected chi connectivity index (χ3v) is 6.51. The predicted octanol–water partition coefficient (Wildman–Crippen LogP) is 4.19. The number of carbonyl (C=O) groups is 1. The highest BCUT2D eigenvalue weighted by Crippen LogP contribution is 2.28. The molecule has 1 aromatic carbocycles. The van der Waals surface area contributed by atoms with Crippen LogP contribution in [0.2, 0.25) is 0 Å². The smallest absolute Gasteiger partial charge is 0.226 e. The third kappa shape index (κ3) is 4.53. The number of hydrogen-bond donors (Lipinski definition) is 0. The molecule has 0 unspecified atom stereocenters. The summed E-state index contributed by atoms with van der Waals surface area (Å²) in [6.07, 6.45) is 5.46. The number of rotatable bonds is 5. The summed E-state index contributed by atoms with van der Waals surface area (Å²) in [5, 5.41) is 0. The number of oxazole rings is 1. The van der Waals surface area contributed by atoms with E-state index in [-0.39, 0.29) is 5.92 Å². The van der Waals surface area contributed by atoms with Gasteiger partial charge in [-0.3, -0.25) is 9.69 Å².